The molecule has 0 aliphatic carbocycles. The van der Waals surface area contributed by atoms with Crippen LogP contribution in [0, 0.1) is 0 Å². The van der Waals surface area contributed by atoms with Crippen molar-refractivity contribution in [1.82, 2.24) is 5.32 Å². The van der Waals surface area contributed by atoms with Gasteiger partial charge in [-0.2, -0.15) is 8.42 Å². The molecular formula is C54H105NO11S. The first kappa shape index (κ1) is 63.9. The summed E-state index contributed by atoms with van der Waals surface area (Å²) in [6.07, 6.45) is 44.2. The van der Waals surface area contributed by atoms with Crippen LogP contribution in [0.3, 0.4) is 0 Å². The number of hydrogen-bond donors (Lipinski definition) is 6. The van der Waals surface area contributed by atoms with Gasteiger partial charge in [0, 0.05) is 6.42 Å². The van der Waals surface area contributed by atoms with Crippen molar-refractivity contribution in [3.8, 4) is 0 Å². The van der Waals surface area contributed by atoms with Crippen LogP contribution in [-0.2, 0) is 28.9 Å². The van der Waals surface area contributed by atoms with E-state index < -0.39 is 59.9 Å². The number of carbonyl (C=O) groups excluding carboxylic acids is 1. The fourth-order valence-corrected chi connectivity index (χ4v) is 9.73. The summed E-state index contributed by atoms with van der Waals surface area (Å²) in [5.41, 5.74) is 0. The average molecular weight is 976 g/mol. The van der Waals surface area contributed by atoms with Gasteiger partial charge in [0.2, 0.25) is 5.91 Å². The second kappa shape index (κ2) is 44.8. The molecule has 12 nitrogen and oxygen atoms in total. The number of carbonyl (C=O) groups is 1. The Hall–Kier alpha value is -1.16. The third-order valence-electron chi connectivity index (χ3n) is 13.6. The van der Waals surface area contributed by atoms with Crippen LogP contribution >= 0.6 is 0 Å². The van der Waals surface area contributed by atoms with Crippen molar-refractivity contribution in [1.29, 1.82) is 0 Å². The van der Waals surface area contributed by atoms with Crippen LogP contribution in [-0.4, -0.2) is 95.4 Å². The highest BCUT2D eigenvalue weighted by Crippen LogP contribution is 2.26. The van der Waals surface area contributed by atoms with Crippen LogP contribution in [0.5, 0.6) is 0 Å². The van der Waals surface area contributed by atoms with Crippen molar-refractivity contribution < 1.29 is 51.8 Å². The molecule has 1 rings (SSSR count). The highest BCUT2D eigenvalue weighted by Gasteiger charge is 2.48. The van der Waals surface area contributed by atoms with Gasteiger partial charge in [0.15, 0.2) is 6.29 Å². The monoisotopic (exact) mass is 976 g/mol. The summed E-state index contributed by atoms with van der Waals surface area (Å²) >= 11 is 0. The van der Waals surface area contributed by atoms with Crippen LogP contribution in [0.15, 0.2) is 12.2 Å². The average Bonchev–Trinajstić information content (AvgIpc) is 3.30. The summed E-state index contributed by atoms with van der Waals surface area (Å²) < 4.78 is 47.7. The van der Waals surface area contributed by atoms with Crippen molar-refractivity contribution in [3.63, 3.8) is 0 Å². The Morgan fingerprint density at radius 2 is 0.940 bits per heavy atom. The van der Waals surface area contributed by atoms with Crippen LogP contribution < -0.4 is 5.32 Å². The van der Waals surface area contributed by atoms with Crippen LogP contribution in [0.25, 0.3) is 0 Å². The number of ether oxygens (including phenoxy) is 2. The zero-order valence-corrected chi connectivity index (χ0v) is 43.8. The van der Waals surface area contributed by atoms with E-state index in [1.54, 1.807) is 6.08 Å². The Labute approximate surface area is 410 Å². The van der Waals surface area contributed by atoms with Crippen LogP contribution in [0.2, 0.25) is 0 Å². The summed E-state index contributed by atoms with van der Waals surface area (Å²) in [5.74, 6) is -0.257. The lowest BCUT2D eigenvalue weighted by Crippen LogP contribution is -2.61. The van der Waals surface area contributed by atoms with E-state index in [9.17, 15) is 38.2 Å². The van der Waals surface area contributed by atoms with Crippen molar-refractivity contribution >= 4 is 16.3 Å². The molecule has 0 saturated carbocycles. The number of aliphatic hydroxyl groups is 4. The second-order valence-electron chi connectivity index (χ2n) is 19.9. The molecule has 0 aromatic heterocycles. The molecule has 1 fully saturated rings. The predicted octanol–water partition coefficient (Wildman–Crippen LogP) is 12.7. The first-order valence-corrected chi connectivity index (χ1v) is 29.4. The van der Waals surface area contributed by atoms with E-state index in [2.05, 4.69) is 23.3 Å². The number of rotatable bonds is 49. The zero-order valence-electron chi connectivity index (χ0n) is 43.0. The lowest BCUT2D eigenvalue weighted by atomic mass is 9.99. The van der Waals surface area contributed by atoms with E-state index in [-0.39, 0.29) is 18.9 Å². The first-order chi connectivity index (χ1) is 32.5. The van der Waals surface area contributed by atoms with Gasteiger partial charge < -0.3 is 35.2 Å². The molecule has 1 saturated heterocycles. The smallest absolute Gasteiger partial charge is 0.394 e. The van der Waals surface area contributed by atoms with Gasteiger partial charge in [-0.15, -0.1) is 0 Å². The molecule has 0 bridgehead atoms. The van der Waals surface area contributed by atoms with Gasteiger partial charge in [-0.05, 0) is 19.3 Å². The topological polar surface area (TPSA) is 192 Å². The SMILES string of the molecule is CCCCCCCCCCCC/C=C/C(O)C(COC1OC(CO)C(O)C(OS(=O)(=O)O)C1O)NC(=O)CCCCCCCCCCCCCCCCCCCCCCCCCCCCCC. The number of hydrogen-bond acceptors (Lipinski definition) is 10. The van der Waals surface area contributed by atoms with Gasteiger partial charge >= 0.3 is 10.4 Å². The van der Waals surface area contributed by atoms with E-state index >= 15 is 0 Å². The molecular weight excluding hydrogens is 871 g/mol. The molecule has 1 aliphatic heterocycles. The highest BCUT2D eigenvalue weighted by molar-refractivity contribution is 7.80. The molecule has 0 aromatic rings. The quantitative estimate of drug-likeness (QED) is 0.0193. The Bertz CT molecular complexity index is 1240. The molecule has 0 spiro atoms. The summed E-state index contributed by atoms with van der Waals surface area (Å²) in [6, 6.07) is -0.939. The molecule has 7 unspecified atom stereocenters. The molecule has 0 aromatic carbocycles. The fourth-order valence-electron chi connectivity index (χ4n) is 9.22. The Morgan fingerprint density at radius 1 is 0.582 bits per heavy atom. The van der Waals surface area contributed by atoms with Crippen molar-refractivity contribution in [2.75, 3.05) is 13.2 Å². The van der Waals surface area contributed by atoms with Gasteiger partial charge in [0.25, 0.3) is 0 Å². The van der Waals surface area contributed by atoms with Gasteiger partial charge in [0.1, 0.15) is 24.4 Å². The van der Waals surface area contributed by atoms with Gasteiger partial charge in [0.05, 0.1) is 25.4 Å². The summed E-state index contributed by atoms with van der Waals surface area (Å²) in [5, 5.41) is 44.8. The largest absolute Gasteiger partial charge is 0.397 e. The molecule has 6 N–H and O–H groups in total. The molecule has 1 aliphatic rings. The molecule has 13 heteroatoms. The lowest BCUT2D eigenvalue weighted by Gasteiger charge is -2.41. The molecule has 398 valence electrons. The predicted molar refractivity (Wildman–Crippen MR) is 273 cm³/mol. The van der Waals surface area contributed by atoms with Crippen molar-refractivity contribution in [3.05, 3.63) is 12.2 Å². The summed E-state index contributed by atoms with van der Waals surface area (Å²) in [4.78, 5) is 13.1. The van der Waals surface area contributed by atoms with Crippen LogP contribution in [0.1, 0.15) is 271 Å². The Morgan fingerprint density at radius 3 is 1.30 bits per heavy atom. The Balaban J connectivity index is 2.27. The number of unbranched alkanes of at least 4 members (excludes halogenated alkanes) is 37. The molecule has 67 heavy (non-hydrogen) atoms. The normalized spacial score (nSPS) is 19.9. The minimum Gasteiger partial charge on any atom is -0.394 e. The van der Waals surface area contributed by atoms with Crippen molar-refractivity contribution in [2.45, 2.75) is 314 Å². The van der Waals surface area contributed by atoms with Crippen LogP contribution in [0.4, 0.5) is 0 Å². The summed E-state index contributed by atoms with van der Waals surface area (Å²) in [6.45, 7) is 3.41. The van der Waals surface area contributed by atoms with E-state index in [0.29, 0.717) is 6.42 Å². The Kier molecular flexibility index (Phi) is 42.7. The number of allylic oxidation sites excluding steroid dienone is 1. The maximum atomic E-state index is 13.1. The molecule has 1 amide bonds. The number of amides is 1. The zero-order chi connectivity index (χ0) is 49.1. The number of nitrogens with one attached hydrogen (secondary N) is 1. The first-order valence-electron chi connectivity index (χ1n) is 28.1. The maximum Gasteiger partial charge on any atom is 0.397 e. The standard InChI is InChI=1S/C54H105NO11S/c1-3-5-7-9-11-13-15-17-18-19-20-21-22-23-24-25-26-27-28-29-30-31-32-34-36-38-40-42-44-50(58)55-47(48(57)43-41-39-37-35-33-16-14-12-10-8-6-4-2)46-64-54-52(60)53(66-67(61,62)63)51(59)49(45-56)65-54/h41,43,47-49,51-54,56-57,59-60H,3-40,42,44-46H2,1-2H3,(H,55,58)(H,61,62,63)/b43-41+. The summed E-state index contributed by atoms with van der Waals surface area (Å²) in [7, 11) is -5.08. The second-order valence-corrected chi connectivity index (χ2v) is 20.9. The van der Waals surface area contributed by atoms with Gasteiger partial charge in [-0.1, -0.05) is 257 Å². The third-order valence-corrected chi connectivity index (χ3v) is 14.0. The molecule has 1 heterocycles. The molecule has 7 atom stereocenters. The van der Waals surface area contributed by atoms with Crippen molar-refractivity contribution in [2.24, 2.45) is 0 Å². The van der Waals surface area contributed by atoms with E-state index in [1.807, 2.05) is 6.08 Å². The number of aliphatic hydroxyl groups excluding tert-OH is 4. The third kappa shape index (κ3) is 37.3. The minimum absolute atomic E-state index is 0.257. The minimum atomic E-state index is -5.08. The van der Waals surface area contributed by atoms with Gasteiger partial charge in [-0.3, -0.25) is 9.35 Å². The fraction of sp³-hybridized carbons (Fsp3) is 0.944. The lowest BCUT2D eigenvalue weighted by molar-refractivity contribution is -0.298. The molecule has 0 radical (unpaired) electrons. The van der Waals surface area contributed by atoms with Gasteiger partial charge in [-0.25, -0.2) is 4.18 Å². The van der Waals surface area contributed by atoms with E-state index in [1.165, 1.54) is 205 Å². The van der Waals surface area contributed by atoms with E-state index in [4.69, 9.17) is 9.47 Å². The maximum absolute atomic E-state index is 13.1. The highest BCUT2D eigenvalue weighted by atomic mass is 32.3. The van der Waals surface area contributed by atoms with E-state index in [0.717, 1.165) is 38.5 Å².